The van der Waals surface area contributed by atoms with E-state index in [1.807, 2.05) is 38.4 Å². The Hall–Kier alpha value is -1.63. The van der Waals surface area contributed by atoms with E-state index >= 15 is 0 Å². The van der Waals surface area contributed by atoms with Gasteiger partial charge in [0.05, 0.1) is 6.61 Å². The van der Waals surface area contributed by atoms with Crippen LogP contribution in [-0.4, -0.2) is 64.4 Å². The van der Waals surface area contributed by atoms with E-state index in [9.17, 15) is 4.79 Å². The van der Waals surface area contributed by atoms with Crippen molar-refractivity contribution in [1.29, 1.82) is 0 Å². The Morgan fingerprint density at radius 1 is 1.32 bits per heavy atom. The minimum absolute atomic E-state index is 0.189. The van der Waals surface area contributed by atoms with Crippen molar-refractivity contribution in [3.05, 3.63) is 29.8 Å². The SMILES string of the molecule is COCC(N)C(=O)NCCc1ccc(OCCN(C)C)cc1. The first-order chi connectivity index (χ1) is 10.5. The fraction of sp³-hybridized carbons (Fsp3) is 0.562. The summed E-state index contributed by atoms with van der Waals surface area (Å²) in [7, 11) is 5.55. The van der Waals surface area contributed by atoms with Crippen molar-refractivity contribution < 1.29 is 14.3 Å². The molecular formula is C16H27N3O3. The molecule has 6 nitrogen and oxygen atoms in total. The second-order valence-corrected chi connectivity index (χ2v) is 5.40. The van der Waals surface area contributed by atoms with Crippen LogP contribution in [-0.2, 0) is 16.0 Å². The Bertz CT molecular complexity index is 435. The minimum Gasteiger partial charge on any atom is -0.492 e. The Kier molecular flexibility index (Phi) is 8.50. The van der Waals surface area contributed by atoms with Gasteiger partial charge in [-0.1, -0.05) is 12.1 Å². The number of nitrogens with two attached hydrogens (primary N) is 1. The standard InChI is InChI=1S/C16H27N3O3/c1-19(2)10-11-22-14-6-4-13(5-7-14)8-9-18-16(20)15(17)12-21-3/h4-7,15H,8-12,17H2,1-3H3,(H,18,20). The van der Waals surface area contributed by atoms with Gasteiger partial charge in [-0.25, -0.2) is 0 Å². The number of benzene rings is 1. The molecule has 0 fully saturated rings. The fourth-order valence-corrected chi connectivity index (χ4v) is 1.81. The molecule has 124 valence electrons. The zero-order valence-corrected chi connectivity index (χ0v) is 13.7. The highest BCUT2D eigenvalue weighted by molar-refractivity contribution is 5.81. The van der Waals surface area contributed by atoms with Crippen LogP contribution in [0.2, 0.25) is 0 Å². The molecule has 0 bridgehead atoms. The first kappa shape index (κ1) is 18.4. The van der Waals surface area contributed by atoms with E-state index in [-0.39, 0.29) is 12.5 Å². The Morgan fingerprint density at radius 3 is 2.59 bits per heavy atom. The van der Waals surface area contributed by atoms with Crippen molar-refractivity contribution in [2.45, 2.75) is 12.5 Å². The third-order valence-corrected chi connectivity index (χ3v) is 3.13. The van der Waals surface area contributed by atoms with Crippen LogP contribution in [0.15, 0.2) is 24.3 Å². The topological polar surface area (TPSA) is 76.8 Å². The van der Waals surface area contributed by atoms with Crippen LogP contribution in [0.1, 0.15) is 5.56 Å². The first-order valence-electron chi connectivity index (χ1n) is 7.41. The van der Waals surface area contributed by atoms with Crippen LogP contribution in [0, 0.1) is 0 Å². The number of nitrogens with one attached hydrogen (secondary N) is 1. The van der Waals surface area contributed by atoms with Crippen LogP contribution < -0.4 is 15.8 Å². The van der Waals surface area contributed by atoms with E-state index in [1.54, 1.807) is 0 Å². The quantitative estimate of drug-likeness (QED) is 0.648. The lowest BCUT2D eigenvalue weighted by Crippen LogP contribution is -2.44. The molecule has 0 saturated carbocycles. The third-order valence-electron chi connectivity index (χ3n) is 3.13. The van der Waals surface area contributed by atoms with E-state index in [2.05, 4.69) is 10.2 Å². The molecular weight excluding hydrogens is 282 g/mol. The van der Waals surface area contributed by atoms with Gasteiger partial charge >= 0.3 is 0 Å². The van der Waals surface area contributed by atoms with Crippen molar-refractivity contribution in [2.24, 2.45) is 5.73 Å². The average molecular weight is 309 g/mol. The predicted molar refractivity (Wildman–Crippen MR) is 87.1 cm³/mol. The molecule has 0 spiro atoms. The summed E-state index contributed by atoms with van der Waals surface area (Å²) in [6.45, 7) is 2.33. The van der Waals surface area contributed by atoms with E-state index in [1.165, 1.54) is 7.11 Å². The molecule has 1 unspecified atom stereocenters. The van der Waals surface area contributed by atoms with Crippen molar-refractivity contribution >= 4 is 5.91 Å². The number of carbonyl (C=O) groups excluding carboxylic acids is 1. The Balaban J connectivity index is 2.28. The van der Waals surface area contributed by atoms with Crippen LogP contribution in [0.3, 0.4) is 0 Å². The van der Waals surface area contributed by atoms with Gasteiger partial charge in [0.15, 0.2) is 0 Å². The highest BCUT2D eigenvalue weighted by Gasteiger charge is 2.11. The smallest absolute Gasteiger partial charge is 0.239 e. The lowest BCUT2D eigenvalue weighted by molar-refractivity contribution is -0.123. The van der Waals surface area contributed by atoms with E-state index < -0.39 is 6.04 Å². The van der Waals surface area contributed by atoms with Gasteiger partial charge in [-0.15, -0.1) is 0 Å². The number of amides is 1. The third kappa shape index (κ3) is 7.40. The summed E-state index contributed by atoms with van der Waals surface area (Å²) in [5, 5.41) is 2.80. The number of rotatable bonds is 10. The maximum absolute atomic E-state index is 11.6. The van der Waals surface area contributed by atoms with Crippen molar-refractivity contribution in [2.75, 3.05) is 47.5 Å². The van der Waals surface area contributed by atoms with Crippen LogP contribution in [0.25, 0.3) is 0 Å². The van der Waals surface area contributed by atoms with Gasteiger partial charge in [0.25, 0.3) is 0 Å². The zero-order valence-electron chi connectivity index (χ0n) is 13.7. The number of methoxy groups -OCH3 is 1. The number of nitrogens with zero attached hydrogens (tertiary/aromatic N) is 1. The number of hydrogen-bond donors (Lipinski definition) is 2. The molecule has 0 saturated heterocycles. The zero-order chi connectivity index (χ0) is 16.4. The summed E-state index contributed by atoms with van der Waals surface area (Å²) >= 11 is 0. The molecule has 0 aliphatic carbocycles. The predicted octanol–water partition coefficient (Wildman–Crippen LogP) is 0.259. The van der Waals surface area contributed by atoms with Gasteiger partial charge in [-0.2, -0.15) is 0 Å². The summed E-state index contributed by atoms with van der Waals surface area (Å²) < 4.78 is 10.5. The van der Waals surface area contributed by atoms with Crippen molar-refractivity contribution in [3.63, 3.8) is 0 Å². The number of hydrogen-bond acceptors (Lipinski definition) is 5. The molecule has 0 radical (unpaired) electrons. The summed E-state index contributed by atoms with van der Waals surface area (Å²) in [4.78, 5) is 13.7. The normalized spacial score (nSPS) is 12.2. The molecule has 0 aromatic heterocycles. The van der Waals surface area contributed by atoms with Gasteiger partial charge < -0.3 is 25.4 Å². The highest BCUT2D eigenvalue weighted by Crippen LogP contribution is 2.12. The molecule has 1 atom stereocenters. The number of carbonyl (C=O) groups is 1. The second kappa shape index (κ2) is 10.2. The van der Waals surface area contributed by atoms with Gasteiger partial charge in [0.2, 0.25) is 5.91 Å². The fourth-order valence-electron chi connectivity index (χ4n) is 1.81. The van der Waals surface area contributed by atoms with Gasteiger partial charge in [0.1, 0.15) is 18.4 Å². The lowest BCUT2D eigenvalue weighted by atomic mass is 10.1. The maximum atomic E-state index is 11.6. The molecule has 0 aliphatic heterocycles. The molecule has 0 aliphatic rings. The minimum atomic E-state index is -0.613. The summed E-state index contributed by atoms with van der Waals surface area (Å²) in [5.74, 6) is 0.669. The molecule has 1 rings (SSSR count). The van der Waals surface area contributed by atoms with E-state index in [0.717, 1.165) is 24.3 Å². The van der Waals surface area contributed by atoms with Crippen molar-refractivity contribution in [1.82, 2.24) is 10.2 Å². The molecule has 22 heavy (non-hydrogen) atoms. The van der Waals surface area contributed by atoms with Crippen LogP contribution >= 0.6 is 0 Å². The van der Waals surface area contributed by atoms with Crippen molar-refractivity contribution in [3.8, 4) is 5.75 Å². The lowest BCUT2D eigenvalue weighted by Gasteiger charge is -2.12. The van der Waals surface area contributed by atoms with E-state index in [4.69, 9.17) is 15.2 Å². The summed E-state index contributed by atoms with van der Waals surface area (Å²) in [5.41, 5.74) is 6.78. The maximum Gasteiger partial charge on any atom is 0.239 e. The largest absolute Gasteiger partial charge is 0.492 e. The Morgan fingerprint density at radius 2 is 2.00 bits per heavy atom. The highest BCUT2D eigenvalue weighted by atomic mass is 16.5. The van der Waals surface area contributed by atoms with Gasteiger partial charge in [-0.05, 0) is 38.2 Å². The second-order valence-electron chi connectivity index (χ2n) is 5.40. The molecule has 1 amide bonds. The summed E-state index contributed by atoms with van der Waals surface area (Å²) in [6, 6.07) is 7.29. The number of likely N-dealkylation sites (N-methyl/N-ethyl adjacent to an activating group) is 1. The molecule has 3 N–H and O–H groups in total. The monoisotopic (exact) mass is 309 g/mol. The number of ether oxygens (including phenoxy) is 2. The molecule has 0 heterocycles. The molecule has 1 aromatic carbocycles. The van der Waals surface area contributed by atoms with Crippen LogP contribution in [0.5, 0.6) is 5.75 Å². The van der Waals surface area contributed by atoms with Crippen LogP contribution in [0.4, 0.5) is 0 Å². The molecule has 1 aromatic rings. The molecule has 6 heteroatoms. The van der Waals surface area contributed by atoms with Gasteiger partial charge in [-0.3, -0.25) is 4.79 Å². The summed E-state index contributed by atoms with van der Waals surface area (Å²) in [6.07, 6.45) is 0.753. The Labute approximate surface area is 132 Å². The van der Waals surface area contributed by atoms with E-state index in [0.29, 0.717) is 13.2 Å². The average Bonchev–Trinajstić information content (AvgIpc) is 2.48. The first-order valence-corrected chi connectivity index (χ1v) is 7.41. The van der Waals surface area contributed by atoms with Gasteiger partial charge in [0, 0.05) is 20.2 Å².